The quantitative estimate of drug-likeness (QED) is 0.206. The molecule has 3 nitrogen and oxygen atoms in total. The van der Waals surface area contributed by atoms with Gasteiger partial charge in [-0.05, 0) is 75.8 Å². The Bertz CT molecular complexity index is 2060. The van der Waals surface area contributed by atoms with Crippen LogP contribution in [0.3, 0.4) is 0 Å². The molecular weight excluding hydrogens is 543 g/mol. The topological polar surface area (TPSA) is 29.0 Å². The number of rotatable bonds is 5. The molecular formula is C39H29N3S. The first kappa shape index (κ1) is 25.6. The minimum Gasteiger partial charge on any atom is -0.311 e. The highest BCUT2D eigenvalue weighted by Crippen LogP contribution is 2.50. The minimum absolute atomic E-state index is 0.0452. The molecule has 0 radical (unpaired) electrons. The molecule has 206 valence electrons. The molecule has 43 heavy (non-hydrogen) atoms. The second-order valence-electron chi connectivity index (χ2n) is 11.6. The van der Waals surface area contributed by atoms with E-state index < -0.39 is 0 Å². The van der Waals surface area contributed by atoms with Gasteiger partial charge in [0.1, 0.15) is 11.0 Å². The fourth-order valence-corrected chi connectivity index (χ4v) is 7.17. The fraction of sp³-hybridized carbons (Fsp3) is 0.0769. The molecule has 1 heterocycles. The lowest BCUT2D eigenvalue weighted by Crippen LogP contribution is -2.14. The van der Waals surface area contributed by atoms with E-state index in [0.717, 1.165) is 44.8 Å². The van der Waals surface area contributed by atoms with Crippen LogP contribution in [0.1, 0.15) is 25.0 Å². The van der Waals surface area contributed by atoms with Crippen molar-refractivity contribution in [3.63, 3.8) is 0 Å². The third kappa shape index (κ3) is 4.17. The van der Waals surface area contributed by atoms with E-state index >= 15 is 0 Å². The molecule has 0 amide bonds. The molecule has 4 heteroatoms. The summed E-state index contributed by atoms with van der Waals surface area (Å²) >= 11 is 1.28. The Morgan fingerprint density at radius 2 is 0.953 bits per heavy atom. The lowest BCUT2D eigenvalue weighted by Gasteiger charge is -2.25. The van der Waals surface area contributed by atoms with Crippen molar-refractivity contribution in [1.82, 2.24) is 8.75 Å². The number of hydrogen-bond acceptors (Lipinski definition) is 4. The largest absolute Gasteiger partial charge is 0.311 e. The molecule has 0 bridgehead atoms. The Labute approximate surface area is 256 Å². The fourth-order valence-electron chi connectivity index (χ4n) is 6.60. The maximum Gasteiger partial charge on any atom is 0.113 e. The van der Waals surface area contributed by atoms with E-state index in [-0.39, 0.29) is 5.41 Å². The van der Waals surface area contributed by atoms with Crippen LogP contribution in [0.25, 0.3) is 44.4 Å². The van der Waals surface area contributed by atoms with E-state index in [9.17, 15) is 0 Å². The van der Waals surface area contributed by atoms with E-state index in [2.05, 4.69) is 158 Å². The average Bonchev–Trinajstić information content (AvgIpc) is 3.64. The predicted octanol–water partition coefficient (Wildman–Crippen LogP) is 10.8. The van der Waals surface area contributed by atoms with E-state index in [4.69, 9.17) is 8.75 Å². The third-order valence-corrected chi connectivity index (χ3v) is 9.30. The van der Waals surface area contributed by atoms with Crippen LogP contribution in [0.4, 0.5) is 17.1 Å². The Morgan fingerprint density at radius 3 is 1.60 bits per heavy atom. The minimum atomic E-state index is -0.0452. The number of nitrogens with zero attached hydrogens (tertiary/aromatic N) is 3. The highest BCUT2D eigenvalue weighted by Gasteiger charge is 2.35. The van der Waals surface area contributed by atoms with E-state index in [1.54, 1.807) is 0 Å². The second kappa shape index (κ2) is 10.0. The molecule has 0 saturated carbocycles. The Hall–Kier alpha value is -5.06. The van der Waals surface area contributed by atoms with Gasteiger partial charge < -0.3 is 4.90 Å². The van der Waals surface area contributed by atoms with Gasteiger partial charge in [-0.25, -0.2) is 0 Å². The molecule has 0 unspecified atom stereocenters. The van der Waals surface area contributed by atoms with Gasteiger partial charge >= 0.3 is 0 Å². The highest BCUT2D eigenvalue weighted by molar-refractivity contribution is 7.00. The molecule has 1 aromatic heterocycles. The Morgan fingerprint density at radius 1 is 0.465 bits per heavy atom. The average molecular weight is 572 g/mol. The molecule has 1 aliphatic rings. The van der Waals surface area contributed by atoms with Gasteiger partial charge in [0.15, 0.2) is 0 Å². The number of anilines is 3. The normalized spacial score (nSPS) is 13.1. The summed E-state index contributed by atoms with van der Waals surface area (Å²) in [6.07, 6.45) is 0. The summed E-state index contributed by atoms with van der Waals surface area (Å²) in [5.41, 5.74) is 15.1. The summed E-state index contributed by atoms with van der Waals surface area (Å²) in [5, 5.41) is 0. The zero-order valence-electron chi connectivity index (χ0n) is 24.0. The van der Waals surface area contributed by atoms with Gasteiger partial charge in [-0.3, -0.25) is 0 Å². The number of hydrogen-bond donors (Lipinski definition) is 0. The van der Waals surface area contributed by atoms with Crippen molar-refractivity contribution < 1.29 is 0 Å². The Balaban J connectivity index is 1.18. The van der Waals surface area contributed by atoms with Gasteiger partial charge in [-0.15, -0.1) is 0 Å². The van der Waals surface area contributed by atoms with E-state index in [0.29, 0.717) is 0 Å². The van der Waals surface area contributed by atoms with Crippen LogP contribution >= 0.6 is 11.7 Å². The van der Waals surface area contributed by atoms with Crippen molar-refractivity contribution in [3.05, 3.63) is 151 Å². The highest BCUT2D eigenvalue weighted by atomic mass is 32.1. The van der Waals surface area contributed by atoms with Crippen LogP contribution in [0.5, 0.6) is 0 Å². The van der Waals surface area contributed by atoms with Gasteiger partial charge in [-0.2, -0.15) is 8.75 Å². The molecule has 0 fully saturated rings. The van der Waals surface area contributed by atoms with Gasteiger partial charge in [0.2, 0.25) is 0 Å². The summed E-state index contributed by atoms with van der Waals surface area (Å²) in [5.74, 6) is 0. The van der Waals surface area contributed by atoms with Crippen molar-refractivity contribution in [2.75, 3.05) is 4.90 Å². The maximum absolute atomic E-state index is 4.80. The van der Waals surface area contributed by atoms with Crippen LogP contribution < -0.4 is 4.90 Å². The summed E-state index contributed by atoms with van der Waals surface area (Å²) < 4.78 is 9.59. The lowest BCUT2D eigenvalue weighted by atomic mass is 9.81. The molecule has 1 aliphatic carbocycles. The first-order valence-corrected chi connectivity index (χ1v) is 15.3. The monoisotopic (exact) mass is 571 g/mol. The summed E-state index contributed by atoms with van der Waals surface area (Å²) in [4.78, 5) is 2.28. The number of fused-ring (bicyclic) bond motifs is 4. The molecule has 8 rings (SSSR count). The zero-order valence-corrected chi connectivity index (χ0v) is 24.8. The van der Waals surface area contributed by atoms with Gasteiger partial charge in [0, 0.05) is 33.6 Å². The zero-order chi connectivity index (χ0) is 29.0. The molecule has 7 aromatic rings. The molecule has 6 aromatic carbocycles. The SMILES string of the molecule is CC1(C)c2ccccc2-c2ccc(-c3ccc(-c4ccc(N(c5ccccc5)c5ccccc5)cc4)c4nsnc34)cc21. The van der Waals surface area contributed by atoms with Crippen molar-refractivity contribution in [1.29, 1.82) is 0 Å². The van der Waals surface area contributed by atoms with Gasteiger partial charge in [0.05, 0.1) is 11.7 Å². The smallest absolute Gasteiger partial charge is 0.113 e. The standard InChI is InChI=1S/C39H29N3S/c1-39(2)35-16-10-9-15-33(35)34-22-19-27(25-36(34)39)32-24-23-31(37-38(32)41-43-40-37)26-17-20-30(21-18-26)42(28-11-5-3-6-12-28)29-13-7-4-8-14-29/h3-25H,1-2H3. The first-order valence-electron chi connectivity index (χ1n) is 14.6. The van der Waals surface area contributed by atoms with Crippen molar-refractivity contribution >= 4 is 39.8 Å². The maximum atomic E-state index is 4.80. The number of para-hydroxylation sites is 2. The van der Waals surface area contributed by atoms with Gasteiger partial charge in [0.25, 0.3) is 0 Å². The molecule has 0 saturated heterocycles. The predicted molar refractivity (Wildman–Crippen MR) is 181 cm³/mol. The molecule has 0 N–H and O–H groups in total. The summed E-state index contributed by atoms with van der Waals surface area (Å²) in [7, 11) is 0. The summed E-state index contributed by atoms with van der Waals surface area (Å²) in [6, 6.07) is 49.8. The van der Waals surface area contributed by atoms with Crippen LogP contribution in [-0.4, -0.2) is 8.75 Å². The molecule has 0 atom stereocenters. The van der Waals surface area contributed by atoms with Crippen LogP contribution in [-0.2, 0) is 5.41 Å². The van der Waals surface area contributed by atoms with Crippen LogP contribution in [0, 0.1) is 0 Å². The van der Waals surface area contributed by atoms with Crippen molar-refractivity contribution in [3.8, 4) is 33.4 Å². The lowest BCUT2D eigenvalue weighted by molar-refractivity contribution is 0.660. The van der Waals surface area contributed by atoms with Crippen molar-refractivity contribution in [2.45, 2.75) is 19.3 Å². The van der Waals surface area contributed by atoms with Gasteiger partial charge in [-0.1, -0.05) is 111 Å². The summed E-state index contributed by atoms with van der Waals surface area (Å²) in [6.45, 7) is 4.65. The van der Waals surface area contributed by atoms with E-state index in [1.807, 2.05) is 0 Å². The first-order chi connectivity index (χ1) is 21.1. The second-order valence-corrected chi connectivity index (χ2v) is 12.1. The Kier molecular flexibility index (Phi) is 5.99. The van der Waals surface area contributed by atoms with E-state index in [1.165, 1.54) is 39.5 Å². The van der Waals surface area contributed by atoms with Crippen LogP contribution in [0.15, 0.2) is 140 Å². The number of benzene rings is 6. The molecule has 0 spiro atoms. The van der Waals surface area contributed by atoms with Crippen molar-refractivity contribution in [2.24, 2.45) is 0 Å². The molecule has 0 aliphatic heterocycles. The third-order valence-electron chi connectivity index (χ3n) is 8.78. The van der Waals surface area contributed by atoms with Crippen LogP contribution in [0.2, 0.25) is 0 Å². The number of aromatic nitrogens is 2.